The zero-order chi connectivity index (χ0) is 77.4. The minimum Gasteiger partial charge on any atom is -0.462 e. The zero-order valence-electron chi connectivity index (χ0n) is 64.8. The molecule has 17 nitrogen and oxygen atoms in total. The summed E-state index contributed by atoms with van der Waals surface area (Å²) in [5.74, 6) is -2.55. The van der Waals surface area contributed by atoms with E-state index in [4.69, 9.17) is 37.0 Å². The Kier molecular flexibility index (Phi) is 71.8. The van der Waals surface area contributed by atoms with Gasteiger partial charge in [-0.25, -0.2) is 9.13 Å². The molecular weight excluding hydrogens is 1380 g/mol. The summed E-state index contributed by atoms with van der Waals surface area (Å²) in [5, 5.41) is 10.6. The van der Waals surface area contributed by atoms with Crippen molar-refractivity contribution in [1.82, 2.24) is 0 Å². The highest BCUT2D eigenvalue weighted by molar-refractivity contribution is 7.47. The summed E-state index contributed by atoms with van der Waals surface area (Å²) >= 11 is 0. The first-order chi connectivity index (χ1) is 51.7. The number of aliphatic hydroxyl groups is 1. The predicted octanol–water partition coefficient (Wildman–Crippen LogP) is 22.9. The van der Waals surface area contributed by atoms with Crippen molar-refractivity contribution in [3.8, 4) is 0 Å². The molecule has 0 aromatic carbocycles. The molecule has 0 aromatic heterocycles. The fraction of sp³-hybridized carbons (Fsp3) is 0.540. The molecule has 594 valence electrons. The van der Waals surface area contributed by atoms with E-state index >= 15 is 0 Å². The maximum absolute atomic E-state index is 13.1. The lowest BCUT2D eigenvalue weighted by atomic mass is 10.1. The average molecular weight is 1510 g/mol. The Bertz CT molecular complexity index is 2880. The lowest BCUT2D eigenvalue weighted by molar-refractivity contribution is -0.161. The smallest absolute Gasteiger partial charge is 0.462 e. The Balaban J connectivity index is 5.56. The SMILES string of the molecule is CC/C=C\C/C=C\C/C=C\C/C=C\C/C=C\CCCCCC(=O)OCC(COP(=O)(O)OCC(O)COP(=O)(O)OCC(COC(=O)C/C=C\C/C=C\C/C=C\C/C=C\C/C=C\CC)OC(=O)C/C=C\C/C=C\C/C=C\C/C=C\C/C=C\CC)OC(=O)CCCCCCCCC/C=C\C/C=C\C/C=C\CC. The van der Waals surface area contributed by atoms with Gasteiger partial charge in [0.2, 0.25) is 0 Å². The van der Waals surface area contributed by atoms with E-state index in [2.05, 4.69) is 198 Å². The van der Waals surface area contributed by atoms with Crippen LogP contribution < -0.4 is 0 Å². The van der Waals surface area contributed by atoms with Gasteiger partial charge in [-0.1, -0.05) is 285 Å². The van der Waals surface area contributed by atoms with Gasteiger partial charge >= 0.3 is 39.5 Å². The monoisotopic (exact) mass is 1510 g/mol. The highest BCUT2D eigenvalue weighted by Crippen LogP contribution is 2.45. The van der Waals surface area contributed by atoms with Crippen molar-refractivity contribution in [2.45, 2.75) is 264 Å². The van der Waals surface area contributed by atoms with Crippen LogP contribution >= 0.6 is 15.6 Å². The quantitative estimate of drug-likeness (QED) is 0.0169. The number of rotatable bonds is 70. The first-order valence-electron chi connectivity index (χ1n) is 39.0. The van der Waals surface area contributed by atoms with Crippen LogP contribution in [0, 0.1) is 0 Å². The van der Waals surface area contributed by atoms with E-state index in [-0.39, 0.29) is 25.7 Å². The number of hydrogen-bond donors (Lipinski definition) is 3. The highest BCUT2D eigenvalue weighted by Gasteiger charge is 2.30. The Morgan fingerprint density at radius 3 is 0.840 bits per heavy atom. The second kappa shape index (κ2) is 76.6. The van der Waals surface area contributed by atoms with E-state index in [9.17, 15) is 43.2 Å². The molecule has 106 heavy (non-hydrogen) atoms. The molecular formula is C87H134O17P2. The van der Waals surface area contributed by atoms with E-state index < -0.39 is 97.5 Å². The van der Waals surface area contributed by atoms with E-state index in [0.717, 1.165) is 167 Å². The lowest BCUT2D eigenvalue weighted by Crippen LogP contribution is -2.30. The lowest BCUT2D eigenvalue weighted by Gasteiger charge is -2.21. The Morgan fingerprint density at radius 1 is 0.274 bits per heavy atom. The van der Waals surface area contributed by atoms with Crippen molar-refractivity contribution in [3.63, 3.8) is 0 Å². The third-order valence-corrected chi connectivity index (χ3v) is 16.9. The minimum absolute atomic E-state index is 0.0614. The van der Waals surface area contributed by atoms with Gasteiger partial charge in [0.15, 0.2) is 12.2 Å². The van der Waals surface area contributed by atoms with E-state index in [0.29, 0.717) is 25.7 Å². The summed E-state index contributed by atoms with van der Waals surface area (Å²) in [6.07, 6.45) is 97.0. The molecule has 0 heterocycles. The van der Waals surface area contributed by atoms with Crippen molar-refractivity contribution < 1.29 is 80.2 Å². The molecule has 0 saturated heterocycles. The summed E-state index contributed by atoms with van der Waals surface area (Å²) in [4.78, 5) is 72.9. The van der Waals surface area contributed by atoms with Gasteiger partial charge in [0.1, 0.15) is 19.3 Å². The maximum atomic E-state index is 13.1. The van der Waals surface area contributed by atoms with Crippen LogP contribution in [0.1, 0.15) is 246 Å². The molecule has 0 fully saturated rings. The molecule has 0 saturated carbocycles. The van der Waals surface area contributed by atoms with E-state index in [1.807, 2.05) is 24.3 Å². The van der Waals surface area contributed by atoms with Crippen LogP contribution in [0.25, 0.3) is 0 Å². The van der Waals surface area contributed by atoms with Gasteiger partial charge < -0.3 is 33.8 Å². The normalized spacial score (nSPS) is 15.0. The van der Waals surface area contributed by atoms with E-state index in [1.54, 1.807) is 24.3 Å². The second-order valence-electron chi connectivity index (χ2n) is 24.8. The number of phosphoric acid groups is 2. The molecule has 0 aromatic rings. The largest absolute Gasteiger partial charge is 0.472 e. The third kappa shape index (κ3) is 75.6. The van der Waals surface area contributed by atoms with Crippen molar-refractivity contribution in [1.29, 1.82) is 0 Å². The number of ether oxygens (including phenoxy) is 4. The first kappa shape index (κ1) is 99.4. The fourth-order valence-electron chi connectivity index (χ4n) is 9.23. The average Bonchev–Trinajstić information content (AvgIpc) is 0.902. The van der Waals surface area contributed by atoms with Crippen LogP contribution in [-0.4, -0.2) is 96.7 Å². The van der Waals surface area contributed by atoms with Gasteiger partial charge in [-0.2, -0.15) is 0 Å². The van der Waals surface area contributed by atoms with Crippen molar-refractivity contribution in [2.24, 2.45) is 0 Å². The number of carbonyl (C=O) groups excluding carboxylic acids is 4. The van der Waals surface area contributed by atoms with E-state index in [1.165, 1.54) is 0 Å². The molecule has 3 N–H and O–H groups in total. The number of hydrogen-bond acceptors (Lipinski definition) is 15. The van der Waals surface area contributed by atoms with Crippen molar-refractivity contribution in [3.05, 3.63) is 219 Å². The Morgan fingerprint density at radius 2 is 0.509 bits per heavy atom. The van der Waals surface area contributed by atoms with Gasteiger partial charge in [-0.3, -0.25) is 37.3 Å². The summed E-state index contributed by atoms with van der Waals surface area (Å²) in [7, 11) is -10.1. The summed E-state index contributed by atoms with van der Waals surface area (Å²) in [5.41, 5.74) is 0. The molecule has 0 aliphatic heterocycles. The predicted molar refractivity (Wildman–Crippen MR) is 435 cm³/mol. The third-order valence-electron chi connectivity index (χ3n) is 15.0. The van der Waals surface area contributed by atoms with Crippen molar-refractivity contribution in [2.75, 3.05) is 39.6 Å². The molecule has 19 heteroatoms. The standard InChI is InChI=1S/C87H134O17P2/c1-5-9-13-17-21-25-29-33-37-39-40-42-45-48-52-56-60-64-68-72-85(90)98-78-83(104-87(92)74-70-66-62-58-54-50-46-41-38-34-30-26-22-18-14-10-6-2)80-102-106(95,96)100-76-81(88)75-99-105(93,94)101-79-82(103-86(91)73-69-65-61-57-53-49-44-36-32-28-24-20-16-12-8-4)77-97-84(89)71-67-63-59-55-51-47-43-35-31-27-23-19-15-11-7-3/h9-16,21-28,33-38,40,42-44,48,51-53,55,57,63,65,67,69,81-83,88H,5-8,17-20,29-32,39,41,45-47,49-50,54,56,58-62,64,66,68,70-80H2,1-4H3,(H,93,94)(H,95,96)/b13-9-,14-10-,15-11-,16-12-,25-21-,26-22-,27-23-,28-24-,37-33-,38-34-,42-40-,43-35-,44-36-,52-48-,55-51-,57-53-,67-63-,69-65-. The number of allylic oxidation sites excluding steroid dienone is 34. The van der Waals surface area contributed by atoms with Crippen LogP contribution in [0.4, 0.5) is 0 Å². The van der Waals surface area contributed by atoms with Crippen LogP contribution in [0.2, 0.25) is 0 Å². The molecule has 0 rings (SSSR count). The van der Waals surface area contributed by atoms with Gasteiger partial charge in [0.05, 0.1) is 39.3 Å². The summed E-state index contributed by atoms with van der Waals surface area (Å²) in [6.45, 7) is 4.09. The second-order valence-corrected chi connectivity index (χ2v) is 27.7. The summed E-state index contributed by atoms with van der Waals surface area (Å²) < 4.78 is 68.3. The fourth-order valence-corrected chi connectivity index (χ4v) is 10.8. The van der Waals surface area contributed by atoms with Crippen molar-refractivity contribution >= 4 is 39.5 Å². The highest BCUT2D eigenvalue weighted by atomic mass is 31.2. The molecule has 0 spiro atoms. The van der Waals surface area contributed by atoms with Gasteiger partial charge in [0, 0.05) is 12.8 Å². The van der Waals surface area contributed by atoms with Crippen LogP contribution in [-0.2, 0) is 65.4 Å². The molecule has 5 unspecified atom stereocenters. The molecule has 0 aliphatic rings. The first-order valence-corrected chi connectivity index (χ1v) is 42.0. The molecule has 0 amide bonds. The summed E-state index contributed by atoms with van der Waals surface area (Å²) in [6, 6.07) is 0. The topological polar surface area (TPSA) is 237 Å². The van der Waals surface area contributed by atoms with Crippen LogP contribution in [0.3, 0.4) is 0 Å². The number of unbranched alkanes of at least 4 members (excludes halogenated alkanes) is 10. The number of carbonyl (C=O) groups is 4. The molecule has 0 radical (unpaired) electrons. The zero-order valence-corrected chi connectivity index (χ0v) is 66.5. The number of esters is 4. The van der Waals surface area contributed by atoms with Gasteiger partial charge in [-0.15, -0.1) is 0 Å². The number of phosphoric ester groups is 2. The van der Waals surface area contributed by atoms with Crippen LogP contribution in [0.5, 0.6) is 0 Å². The molecule has 5 atom stereocenters. The molecule has 0 bridgehead atoms. The number of aliphatic hydroxyl groups excluding tert-OH is 1. The maximum Gasteiger partial charge on any atom is 0.472 e. The Labute approximate surface area is 639 Å². The van der Waals surface area contributed by atoms with Gasteiger partial charge in [0.25, 0.3) is 0 Å². The molecule has 0 aliphatic carbocycles. The minimum atomic E-state index is -5.04. The Hall–Kier alpha value is -6.62. The van der Waals surface area contributed by atoms with Crippen LogP contribution in [0.15, 0.2) is 219 Å². The van der Waals surface area contributed by atoms with Gasteiger partial charge in [-0.05, 0) is 154 Å².